The number of nitrogens with zero attached hydrogens (tertiary/aromatic N) is 4. The summed E-state index contributed by atoms with van der Waals surface area (Å²) in [5, 5.41) is 5.07. The number of likely N-dealkylation sites (tertiary alicyclic amines) is 1. The van der Waals surface area contributed by atoms with Crippen molar-refractivity contribution < 1.29 is 9.53 Å². The van der Waals surface area contributed by atoms with E-state index < -0.39 is 0 Å². The van der Waals surface area contributed by atoms with Gasteiger partial charge in [-0.05, 0) is 32.9 Å². The molecule has 0 radical (unpaired) electrons. The van der Waals surface area contributed by atoms with Gasteiger partial charge < -0.3 is 19.5 Å². The first-order valence-corrected chi connectivity index (χ1v) is 11.0. The van der Waals surface area contributed by atoms with E-state index in [-0.39, 0.29) is 17.9 Å². The molecule has 0 bridgehead atoms. The first-order chi connectivity index (χ1) is 14.4. The fourth-order valence-corrected chi connectivity index (χ4v) is 4.46. The second kappa shape index (κ2) is 8.10. The molecule has 4 heterocycles. The van der Waals surface area contributed by atoms with Crippen LogP contribution in [-0.2, 0) is 4.79 Å². The van der Waals surface area contributed by atoms with Gasteiger partial charge in [0.25, 0.3) is 0 Å². The molecule has 158 valence electrons. The van der Waals surface area contributed by atoms with E-state index in [1.807, 2.05) is 25.3 Å². The van der Waals surface area contributed by atoms with Crippen molar-refractivity contribution in [2.75, 3.05) is 18.4 Å². The predicted molar refractivity (Wildman–Crippen MR) is 121 cm³/mol. The molecule has 3 aromatic heterocycles. The molecule has 4 rings (SSSR count). The van der Waals surface area contributed by atoms with Gasteiger partial charge in [0.1, 0.15) is 11.9 Å². The number of amides is 1. The van der Waals surface area contributed by atoms with Crippen molar-refractivity contribution >= 4 is 39.1 Å². The summed E-state index contributed by atoms with van der Waals surface area (Å²) >= 11 is 1.58. The first kappa shape index (κ1) is 20.4. The van der Waals surface area contributed by atoms with E-state index in [1.54, 1.807) is 16.2 Å². The zero-order chi connectivity index (χ0) is 21.4. The Morgan fingerprint density at radius 3 is 2.90 bits per heavy atom. The highest BCUT2D eigenvalue weighted by atomic mass is 32.1. The molecule has 8 heteroatoms. The third-order valence-corrected chi connectivity index (χ3v) is 6.22. The van der Waals surface area contributed by atoms with Gasteiger partial charge in [0, 0.05) is 41.8 Å². The molecular formula is C22H27N5O2S. The Hall–Kier alpha value is -2.87. The largest absolute Gasteiger partial charge is 0.472 e. The second-order valence-corrected chi connectivity index (χ2v) is 9.28. The van der Waals surface area contributed by atoms with Gasteiger partial charge in [0.05, 0.1) is 17.4 Å². The van der Waals surface area contributed by atoms with Crippen LogP contribution in [0.3, 0.4) is 0 Å². The SMILES string of the molecule is C=CC(=O)N1C[C@@H](C)[C@H](Oc2nc(Nc3ncc(C)s3)cc3c2ccn3C(C)C)C1. The van der Waals surface area contributed by atoms with Crippen molar-refractivity contribution in [1.29, 1.82) is 0 Å². The van der Waals surface area contributed by atoms with Gasteiger partial charge in [-0.3, -0.25) is 4.79 Å². The number of hydrogen-bond acceptors (Lipinski definition) is 6. The summed E-state index contributed by atoms with van der Waals surface area (Å²) in [5.74, 6) is 1.41. The van der Waals surface area contributed by atoms with Crippen molar-refractivity contribution in [2.24, 2.45) is 5.92 Å². The zero-order valence-electron chi connectivity index (χ0n) is 17.8. The molecule has 1 N–H and O–H groups in total. The van der Waals surface area contributed by atoms with Crippen LogP contribution in [0.1, 0.15) is 31.7 Å². The van der Waals surface area contributed by atoms with Crippen molar-refractivity contribution in [1.82, 2.24) is 19.4 Å². The number of aromatic nitrogens is 3. The maximum Gasteiger partial charge on any atom is 0.246 e. The molecule has 1 saturated heterocycles. The van der Waals surface area contributed by atoms with Crippen LogP contribution in [0, 0.1) is 12.8 Å². The van der Waals surface area contributed by atoms with Crippen LogP contribution in [0.5, 0.6) is 5.88 Å². The quantitative estimate of drug-likeness (QED) is 0.587. The van der Waals surface area contributed by atoms with Crippen LogP contribution in [0.2, 0.25) is 0 Å². The van der Waals surface area contributed by atoms with Gasteiger partial charge in [-0.15, -0.1) is 11.3 Å². The van der Waals surface area contributed by atoms with Gasteiger partial charge in [-0.2, -0.15) is 4.98 Å². The molecular weight excluding hydrogens is 398 g/mol. The lowest BCUT2D eigenvalue weighted by atomic mass is 10.1. The zero-order valence-corrected chi connectivity index (χ0v) is 18.6. The highest BCUT2D eigenvalue weighted by Gasteiger charge is 2.34. The lowest BCUT2D eigenvalue weighted by molar-refractivity contribution is -0.125. The number of rotatable bonds is 6. The number of carbonyl (C=O) groups is 1. The molecule has 2 atom stereocenters. The fraction of sp³-hybridized carbons (Fsp3) is 0.409. The number of thiazole rings is 1. The molecule has 0 unspecified atom stereocenters. The summed E-state index contributed by atoms with van der Waals surface area (Å²) in [5.41, 5.74) is 1.05. The Balaban J connectivity index is 1.69. The van der Waals surface area contributed by atoms with E-state index in [0.29, 0.717) is 30.8 Å². The molecule has 0 saturated carbocycles. The number of hydrogen-bond donors (Lipinski definition) is 1. The van der Waals surface area contributed by atoms with E-state index in [9.17, 15) is 4.79 Å². The Labute approximate surface area is 180 Å². The smallest absolute Gasteiger partial charge is 0.246 e. The Morgan fingerprint density at radius 2 is 2.23 bits per heavy atom. The van der Waals surface area contributed by atoms with Crippen molar-refractivity contribution in [3.05, 3.63) is 42.1 Å². The predicted octanol–water partition coefficient (Wildman–Crippen LogP) is 4.54. The van der Waals surface area contributed by atoms with Crippen LogP contribution in [0.15, 0.2) is 37.2 Å². The lowest BCUT2D eigenvalue weighted by Gasteiger charge is -2.18. The highest BCUT2D eigenvalue weighted by Crippen LogP contribution is 2.33. The number of aryl methyl sites for hydroxylation is 1. The van der Waals surface area contributed by atoms with Crippen molar-refractivity contribution in [2.45, 2.75) is 39.8 Å². The van der Waals surface area contributed by atoms with Crippen LogP contribution in [0.25, 0.3) is 10.9 Å². The topological polar surface area (TPSA) is 72.3 Å². The van der Waals surface area contributed by atoms with Gasteiger partial charge in [0.15, 0.2) is 5.13 Å². The summed E-state index contributed by atoms with van der Waals surface area (Å²) in [4.78, 5) is 24.1. The number of fused-ring (bicyclic) bond motifs is 1. The molecule has 0 aliphatic carbocycles. The van der Waals surface area contributed by atoms with Crippen molar-refractivity contribution in [3.8, 4) is 5.88 Å². The van der Waals surface area contributed by atoms with E-state index in [1.165, 1.54) is 6.08 Å². The van der Waals surface area contributed by atoms with E-state index in [2.05, 4.69) is 48.4 Å². The number of nitrogens with one attached hydrogen (secondary N) is 1. The number of anilines is 2. The van der Waals surface area contributed by atoms with E-state index in [4.69, 9.17) is 9.72 Å². The second-order valence-electron chi connectivity index (χ2n) is 8.04. The molecule has 30 heavy (non-hydrogen) atoms. The maximum atomic E-state index is 12.0. The minimum absolute atomic E-state index is 0.0634. The summed E-state index contributed by atoms with van der Waals surface area (Å²) in [6.45, 7) is 13.2. The first-order valence-electron chi connectivity index (χ1n) is 10.1. The molecule has 0 spiro atoms. The third kappa shape index (κ3) is 3.92. The molecule has 1 fully saturated rings. The average Bonchev–Trinajstić information content (AvgIpc) is 3.40. The summed E-state index contributed by atoms with van der Waals surface area (Å²) in [7, 11) is 0. The van der Waals surface area contributed by atoms with Crippen LogP contribution >= 0.6 is 11.3 Å². The number of ether oxygens (including phenoxy) is 1. The Bertz CT molecular complexity index is 1090. The average molecular weight is 426 g/mol. The maximum absolute atomic E-state index is 12.0. The monoisotopic (exact) mass is 425 g/mol. The summed E-state index contributed by atoms with van der Waals surface area (Å²) < 4.78 is 8.59. The molecule has 0 aromatic carbocycles. The normalized spacial score (nSPS) is 18.9. The molecule has 3 aromatic rings. The van der Waals surface area contributed by atoms with Crippen LogP contribution in [0.4, 0.5) is 10.9 Å². The fourth-order valence-electron chi connectivity index (χ4n) is 3.79. The molecule has 1 aliphatic rings. The molecule has 1 amide bonds. The van der Waals surface area contributed by atoms with Gasteiger partial charge >= 0.3 is 0 Å². The lowest BCUT2D eigenvalue weighted by Crippen LogP contribution is -2.29. The molecule has 1 aliphatic heterocycles. The number of carbonyl (C=O) groups excluding carboxylic acids is 1. The van der Waals surface area contributed by atoms with E-state index >= 15 is 0 Å². The van der Waals surface area contributed by atoms with Gasteiger partial charge in [-0.25, -0.2) is 4.98 Å². The van der Waals surface area contributed by atoms with Gasteiger partial charge in [0.2, 0.25) is 11.8 Å². The van der Waals surface area contributed by atoms with E-state index in [0.717, 1.165) is 20.9 Å². The van der Waals surface area contributed by atoms with Crippen LogP contribution < -0.4 is 10.1 Å². The van der Waals surface area contributed by atoms with Crippen molar-refractivity contribution in [3.63, 3.8) is 0 Å². The summed E-state index contributed by atoms with van der Waals surface area (Å²) in [6, 6.07) is 4.38. The highest BCUT2D eigenvalue weighted by molar-refractivity contribution is 7.15. The van der Waals surface area contributed by atoms with Gasteiger partial charge in [-0.1, -0.05) is 13.5 Å². The standard InChI is InChI=1S/C22H27N5O2S/c1-6-20(28)26-11-14(4)18(12-26)29-21-16-7-8-27(13(2)3)17(16)9-19(24-21)25-22-23-10-15(5)30-22/h6-10,13-14,18H,1,11-12H2,2-5H3,(H,23,24,25)/t14-,18-/m1/s1. The minimum Gasteiger partial charge on any atom is -0.472 e. The summed E-state index contributed by atoms with van der Waals surface area (Å²) in [6.07, 6.45) is 5.14. The Kier molecular flexibility index (Phi) is 5.51. The molecule has 7 nitrogen and oxygen atoms in total. The third-order valence-electron chi connectivity index (χ3n) is 5.39. The Morgan fingerprint density at radius 1 is 1.43 bits per heavy atom. The minimum atomic E-state index is -0.121. The van der Waals surface area contributed by atoms with Crippen LogP contribution in [-0.4, -0.2) is 44.5 Å². The number of pyridine rings is 1.